The van der Waals surface area contributed by atoms with Crippen molar-refractivity contribution < 1.29 is 40.9 Å². The first kappa shape index (κ1) is 25.1. The minimum absolute atomic E-state index is 0. The smallest absolute Gasteiger partial charge is 0.155 e. The van der Waals surface area contributed by atoms with Crippen LogP contribution in [0.2, 0.25) is 0 Å². The second-order valence-corrected chi connectivity index (χ2v) is 4.70. The number of unbranched alkanes of at least 4 members (excludes halogenated alkanes) is 2. The number of hydrogen-bond donors (Lipinski definition) is 2. The SMILES string of the molecule is CCCC/C(O)=C/C(C)=O.CCCC/C(O)=C/C(C)=O.[Pt]. The van der Waals surface area contributed by atoms with Crippen molar-refractivity contribution in [1.82, 2.24) is 0 Å². The van der Waals surface area contributed by atoms with Crippen molar-refractivity contribution in [2.24, 2.45) is 0 Å². The van der Waals surface area contributed by atoms with E-state index in [0.29, 0.717) is 12.8 Å². The predicted molar refractivity (Wildman–Crippen MR) is 81.8 cm³/mol. The van der Waals surface area contributed by atoms with Crippen LogP contribution in [0.5, 0.6) is 0 Å². The maximum absolute atomic E-state index is 10.4. The number of hydrogen-bond acceptors (Lipinski definition) is 4. The molecule has 0 saturated heterocycles. The van der Waals surface area contributed by atoms with Crippen molar-refractivity contribution in [3.05, 3.63) is 23.7 Å². The molecule has 0 aromatic rings. The number of allylic oxidation sites excluding steroid dienone is 4. The standard InChI is InChI=1S/2C8H14O2.Pt/c2*1-3-4-5-8(10)6-7(2)9;/h2*6,10H,3-5H2,1-2H3;/b2*8-6-;. The van der Waals surface area contributed by atoms with Crippen molar-refractivity contribution in [3.63, 3.8) is 0 Å². The van der Waals surface area contributed by atoms with E-state index in [1.54, 1.807) is 0 Å². The van der Waals surface area contributed by atoms with Crippen LogP contribution in [0.1, 0.15) is 66.2 Å². The molecule has 0 fully saturated rings. The topological polar surface area (TPSA) is 74.6 Å². The molecule has 0 bridgehead atoms. The second-order valence-electron chi connectivity index (χ2n) is 4.70. The first-order chi connectivity index (χ1) is 9.33. The van der Waals surface area contributed by atoms with Crippen LogP contribution < -0.4 is 0 Å². The average molecular weight is 479 g/mol. The van der Waals surface area contributed by atoms with Gasteiger partial charge in [-0.15, -0.1) is 0 Å². The van der Waals surface area contributed by atoms with Gasteiger partial charge < -0.3 is 10.2 Å². The average Bonchev–Trinajstić information content (AvgIpc) is 2.33. The molecule has 0 amide bonds. The molecule has 0 saturated carbocycles. The normalized spacial score (nSPS) is 11.0. The molecule has 0 radical (unpaired) electrons. The molecular weight excluding hydrogens is 451 g/mol. The van der Waals surface area contributed by atoms with Crippen LogP contribution in [0.25, 0.3) is 0 Å². The molecule has 0 aliphatic rings. The summed E-state index contributed by atoms with van der Waals surface area (Å²) in [6, 6.07) is 0. The van der Waals surface area contributed by atoms with Gasteiger partial charge in [-0.2, -0.15) is 0 Å². The Hall–Kier alpha value is -0.892. The Kier molecular flexibility index (Phi) is 20.5. The van der Waals surface area contributed by atoms with Gasteiger partial charge in [0.25, 0.3) is 0 Å². The van der Waals surface area contributed by atoms with E-state index >= 15 is 0 Å². The van der Waals surface area contributed by atoms with Crippen LogP contribution in [0.3, 0.4) is 0 Å². The number of ketones is 2. The summed E-state index contributed by atoms with van der Waals surface area (Å²) in [4.78, 5) is 20.8. The number of aliphatic hydroxyl groups excluding tert-OH is 2. The van der Waals surface area contributed by atoms with E-state index in [2.05, 4.69) is 0 Å². The van der Waals surface area contributed by atoms with Crippen LogP contribution in [-0.4, -0.2) is 21.8 Å². The van der Waals surface area contributed by atoms with E-state index in [9.17, 15) is 9.59 Å². The van der Waals surface area contributed by atoms with E-state index in [-0.39, 0.29) is 44.2 Å². The molecule has 0 aliphatic heterocycles. The summed E-state index contributed by atoms with van der Waals surface area (Å²) >= 11 is 0. The third kappa shape index (κ3) is 24.5. The van der Waals surface area contributed by atoms with E-state index in [1.165, 1.54) is 26.0 Å². The molecular formula is C16H28O4Pt. The Morgan fingerprint density at radius 1 is 0.810 bits per heavy atom. The van der Waals surface area contributed by atoms with Gasteiger partial charge in [0.2, 0.25) is 0 Å². The van der Waals surface area contributed by atoms with Gasteiger partial charge >= 0.3 is 0 Å². The molecule has 0 spiro atoms. The van der Waals surface area contributed by atoms with Crippen LogP contribution >= 0.6 is 0 Å². The zero-order valence-corrected chi connectivity index (χ0v) is 15.7. The van der Waals surface area contributed by atoms with Crippen LogP contribution in [0, 0.1) is 0 Å². The molecule has 2 N–H and O–H groups in total. The van der Waals surface area contributed by atoms with Gasteiger partial charge in [0.05, 0.1) is 11.5 Å². The first-order valence-electron chi connectivity index (χ1n) is 7.13. The van der Waals surface area contributed by atoms with Crippen molar-refractivity contribution in [2.75, 3.05) is 0 Å². The Labute approximate surface area is 142 Å². The second kappa shape index (κ2) is 17.2. The first-order valence-corrected chi connectivity index (χ1v) is 7.13. The molecule has 0 rings (SSSR count). The van der Waals surface area contributed by atoms with Crippen molar-refractivity contribution in [1.29, 1.82) is 0 Å². The Bertz CT molecular complexity index is 312. The molecule has 0 aliphatic carbocycles. The summed E-state index contributed by atoms with van der Waals surface area (Å²) in [6.45, 7) is 6.95. The number of carbonyl (C=O) groups is 2. The maximum Gasteiger partial charge on any atom is 0.155 e. The fourth-order valence-electron chi connectivity index (χ4n) is 1.33. The van der Waals surface area contributed by atoms with E-state index in [1.807, 2.05) is 13.8 Å². The summed E-state index contributed by atoms with van der Waals surface area (Å²) in [5.74, 6) is 0.228. The molecule has 0 aromatic heterocycles. The fraction of sp³-hybridized carbons (Fsp3) is 0.625. The Morgan fingerprint density at radius 3 is 1.29 bits per heavy atom. The zero-order chi connectivity index (χ0) is 16.0. The summed E-state index contributed by atoms with van der Waals surface area (Å²) in [5, 5.41) is 18.0. The molecule has 5 heteroatoms. The Balaban J connectivity index is -0.000000295. The third-order valence-electron chi connectivity index (χ3n) is 2.31. The van der Waals surface area contributed by atoms with Crippen LogP contribution in [-0.2, 0) is 30.7 Å². The number of carbonyl (C=O) groups excluding carboxylic acids is 2. The quantitative estimate of drug-likeness (QED) is 0.400. The van der Waals surface area contributed by atoms with Crippen LogP contribution in [0.4, 0.5) is 0 Å². The largest absolute Gasteiger partial charge is 0.512 e. The van der Waals surface area contributed by atoms with E-state index in [0.717, 1.165) is 25.7 Å². The molecule has 126 valence electrons. The minimum atomic E-state index is -0.0893. The van der Waals surface area contributed by atoms with Crippen molar-refractivity contribution in [2.45, 2.75) is 66.2 Å². The van der Waals surface area contributed by atoms with Gasteiger partial charge in [0, 0.05) is 46.1 Å². The number of rotatable bonds is 8. The van der Waals surface area contributed by atoms with Crippen LogP contribution in [0.15, 0.2) is 23.7 Å². The molecule has 0 heterocycles. The fourth-order valence-corrected chi connectivity index (χ4v) is 1.33. The zero-order valence-electron chi connectivity index (χ0n) is 13.4. The number of aliphatic hydroxyl groups is 2. The molecule has 21 heavy (non-hydrogen) atoms. The predicted octanol–water partition coefficient (Wildman–Crippen LogP) is 4.41. The monoisotopic (exact) mass is 479 g/mol. The summed E-state index contributed by atoms with van der Waals surface area (Å²) in [7, 11) is 0. The summed E-state index contributed by atoms with van der Waals surface area (Å²) in [5.41, 5.74) is 0. The van der Waals surface area contributed by atoms with Crippen molar-refractivity contribution >= 4 is 11.6 Å². The molecule has 4 nitrogen and oxygen atoms in total. The van der Waals surface area contributed by atoms with Gasteiger partial charge in [-0.25, -0.2) is 0 Å². The summed E-state index contributed by atoms with van der Waals surface area (Å²) in [6.07, 6.45) is 7.74. The van der Waals surface area contributed by atoms with E-state index in [4.69, 9.17) is 10.2 Å². The van der Waals surface area contributed by atoms with Gasteiger partial charge in [-0.05, 0) is 26.7 Å². The van der Waals surface area contributed by atoms with Gasteiger partial charge in [-0.1, -0.05) is 26.7 Å². The molecule has 0 atom stereocenters. The Morgan fingerprint density at radius 2 is 1.10 bits per heavy atom. The van der Waals surface area contributed by atoms with Crippen molar-refractivity contribution in [3.8, 4) is 0 Å². The van der Waals surface area contributed by atoms with E-state index < -0.39 is 0 Å². The molecule has 0 aromatic carbocycles. The van der Waals surface area contributed by atoms with Gasteiger partial charge in [0.15, 0.2) is 11.6 Å². The summed E-state index contributed by atoms with van der Waals surface area (Å²) < 4.78 is 0. The maximum atomic E-state index is 10.4. The third-order valence-corrected chi connectivity index (χ3v) is 2.31. The minimum Gasteiger partial charge on any atom is -0.512 e. The molecule has 0 unspecified atom stereocenters. The van der Waals surface area contributed by atoms with Gasteiger partial charge in [0.1, 0.15) is 0 Å². The van der Waals surface area contributed by atoms with Gasteiger partial charge in [-0.3, -0.25) is 9.59 Å².